The molecule has 0 bridgehead atoms. The number of hydrogen-bond donors (Lipinski definition) is 1. The molecule has 1 saturated heterocycles. The molecule has 0 spiro atoms. The molecule has 130 valence electrons. The highest BCUT2D eigenvalue weighted by Crippen LogP contribution is 2.26. The molecule has 0 amide bonds. The Balaban J connectivity index is 1.90. The number of rotatable bonds is 4. The Labute approximate surface area is 131 Å². The summed E-state index contributed by atoms with van der Waals surface area (Å²) < 4.78 is 64.7. The Morgan fingerprint density at radius 3 is 2.30 bits per heavy atom. The lowest BCUT2D eigenvalue weighted by molar-refractivity contribution is -0.182. The SMILES string of the molecule is CC(N1CCN(CC(O)c2cc(F)ccc2F)CC1)C(F)(F)F. The van der Waals surface area contributed by atoms with Gasteiger partial charge in [-0.3, -0.25) is 9.80 Å². The van der Waals surface area contributed by atoms with Crippen molar-refractivity contribution >= 4 is 0 Å². The lowest BCUT2D eigenvalue weighted by Crippen LogP contribution is -2.54. The van der Waals surface area contributed by atoms with E-state index in [4.69, 9.17) is 0 Å². The summed E-state index contributed by atoms with van der Waals surface area (Å²) in [6.45, 7) is 2.24. The number of nitrogens with zero attached hydrogens (tertiary/aromatic N) is 2. The maximum absolute atomic E-state index is 13.6. The van der Waals surface area contributed by atoms with Crippen molar-refractivity contribution in [1.82, 2.24) is 9.80 Å². The van der Waals surface area contributed by atoms with Gasteiger partial charge in [0.1, 0.15) is 17.7 Å². The third kappa shape index (κ3) is 4.62. The molecule has 0 radical (unpaired) electrons. The highest BCUT2D eigenvalue weighted by Gasteiger charge is 2.40. The van der Waals surface area contributed by atoms with Gasteiger partial charge in [0.25, 0.3) is 0 Å². The van der Waals surface area contributed by atoms with Gasteiger partial charge in [-0.2, -0.15) is 13.2 Å². The van der Waals surface area contributed by atoms with Crippen molar-refractivity contribution in [2.24, 2.45) is 0 Å². The van der Waals surface area contributed by atoms with Crippen LogP contribution in [0.2, 0.25) is 0 Å². The molecule has 0 saturated carbocycles. The van der Waals surface area contributed by atoms with Gasteiger partial charge in [-0.15, -0.1) is 0 Å². The maximum Gasteiger partial charge on any atom is 0.403 e. The molecule has 1 heterocycles. The number of hydrogen-bond acceptors (Lipinski definition) is 3. The van der Waals surface area contributed by atoms with Crippen LogP contribution >= 0.6 is 0 Å². The molecule has 23 heavy (non-hydrogen) atoms. The van der Waals surface area contributed by atoms with Gasteiger partial charge in [-0.1, -0.05) is 0 Å². The van der Waals surface area contributed by atoms with Gasteiger partial charge in [0.2, 0.25) is 0 Å². The Bertz CT molecular complexity index is 529. The summed E-state index contributed by atoms with van der Waals surface area (Å²) in [6.07, 6.45) is -5.50. The second kappa shape index (κ2) is 7.11. The maximum atomic E-state index is 13.6. The molecule has 2 unspecified atom stereocenters. The van der Waals surface area contributed by atoms with Crippen LogP contribution < -0.4 is 0 Å². The molecule has 2 rings (SSSR count). The first-order valence-electron chi connectivity index (χ1n) is 7.34. The van der Waals surface area contributed by atoms with Crippen molar-refractivity contribution in [3.05, 3.63) is 35.4 Å². The van der Waals surface area contributed by atoms with Crippen LogP contribution in [0.5, 0.6) is 0 Å². The van der Waals surface area contributed by atoms with E-state index in [0.717, 1.165) is 25.1 Å². The summed E-state index contributed by atoms with van der Waals surface area (Å²) in [5.74, 6) is -1.35. The predicted octanol–water partition coefficient (Wildman–Crippen LogP) is 2.57. The van der Waals surface area contributed by atoms with E-state index in [0.29, 0.717) is 13.1 Å². The van der Waals surface area contributed by atoms with Crippen LogP contribution in [-0.4, -0.2) is 59.8 Å². The average Bonchev–Trinajstić information content (AvgIpc) is 2.48. The summed E-state index contributed by atoms with van der Waals surface area (Å²) in [7, 11) is 0. The zero-order valence-corrected chi connectivity index (χ0v) is 12.7. The summed E-state index contributed by atoms with van der Waals surface area (Å²) in [6, 6.07) is 1.32. The van der Waals surface area contributed by atoms with Crippen LogP contribution in [0.15, 0.2) is 18.2 Å². The first-order valence-corrected chi connectivity index (χ1v) is 7.34. The van der Waals surface area contributed by atoms with Crippen LogP contribution in [0, 0.1) is 11.6 Å². The normalized spacial score (nSPS) is 20.5. The summed E-state index contributed by atoms with van der Waals surface area (Å²) in [5.41, 5.74) is -0.143. The number of aliphatic hydroxyl groups is 1. The van der Waals surface area contributed by atoms with Crippen molar-refractivity contribution < 1.29 is 27.1 Å². The van der Waals surface area contributed by atoms with Gasteiger partial charge in [0.15, 0.2) is 0 Å². The predicted molar refractivity (Wildman–Crippen MR) is 74.8 cm³/mol. The molecular formula is C15H19F5N2O. The molecule has 0 aliphatic carbocycles. The quantitative estimate of drug-likeness (QED) is 0.855. The van der Waals surface area contributed by atoms with E-state index in [9.17, 15) is 27.1 Å². The van der Waals surface area contributed by atoms with Crippen molar-refractivity contribution in [1.29, 1.82) is 0 Å². The second-order valence-electron chi connectivity index (χ2n) is 5.74. The van der Waals surface area contributed by atoms with E-state index in [1.54, 1.807) is 4.90 Å². The molecule has 1 fully saturated rings. The van der Waals surface area contributed by atoms with Gasteiger partial charge >= 0.3 is 6.18 Å². The van der Waals surface area contributed by atoms with Crippen molar-refractivity contribution in [3.8, 4) is 0 Å². The van der Waals surface area contributed by atoms with Gasteiger partial charge < -0.3 is 5.11 Å². The lowest BCUT2D eigenvalue weighted by Gasteiger charge is -2.39. The van der Waals surface area contributed by atoms with E-state index in [1.807, 2.05) is 0 Å². The number of alkyl halides is 3. The zero-order chi connectivity index (χ0) is 17.2. The van der Waals surface area contributed by atoms with E-state index >= 15 is 0 Å². The summed E-state index contributed by atoms with van der Waals surface area (Å²) >= 11 is 0. The van der Waals surface area contributed by atoms with Gasteiger partial charge in [0.05, 0.1) is 6.10 Å². The standard InChI is InChI=1S/C15H19F5N2O/c1-10(15(18,19)20)22-6-4-21(5-7-22)9-14(23)12-8-11(16)2-3-13(12)17/h2-3,8,10,14,23H,4-7,9H2,1H3. The highest BCUT2D eigenvalue weighted by atomic mass is 19.4. The van der Waals surface area contributed by atoms with Crippen molar-refractivity contribution in [2.45, 2.75) is 25.2 Å². The molecule has 2 atom stereocenters. The van der Waals surface area contributed by atoms with E-state index < -0.39 is 30.0 Å². The second-order valence-corrected chi connectivity index (χ2v) is 5.74. The molecule has 3 nitrogen and oxygen atoms in total. The Hall–Kier alpha value is -1.25. The number of halogens is 5. The first-order chi connectivity index (χ1) is 10.7. The largest absolute Gasteiger partial charge is 0.403 e. The topological polar surface area (TPSA) is 26.7 Å². The van der Waals surface area contributed by atoms with Crippen molar-refractivity contribution in [3.63, 3.8) is 0 Å². The van der Waals surface area contributed by atoms with Crippen LogP contribution in [0.1, 0.15) is 18.6 Å². The van der Waals surface area contributed by atoms with E-state index in [-0.39, 0.29) is 25.2 Å². The molecule has 1 aromatic carbocycles. The molecule has 1 aliphatic rings. The zero-order valence-electron chi connectivity index (χ0n) is 12.7. The minimum Gasteiger partial charge on any atom is -0.387 e. The van der Waals surface area contributed by atoms with E-state index in [2.05, 4.69) is 0 Å². The number of benzene rings is 1. The molecule has 0 aromatic heterocycles. The minimum atomic E-state index is -4.27. The average molecular weight is 338 g/mol. The van der Waals surface area contributed by atoms with Gasteiger partial charge in [0, 0.05) is 38.3 Å². The van der Waals surface area contributed by atoms with Gasteiger partial charge in [-0.25, -0.2) is 8.78 Å². The molecular weight excluding hydrogens is 319 g/mol. The monoisotopic (exact) mass is 338 g/mol. The van der Waals surface area contributed by atoms with Crippen molar-refractivity contribution in [2.75, 3.05) is 32.7 Å². The fraction of sp³-hybridized carbons (Fsp3) is 0.600. The van der Waals surface area contributed by atoms with Crippen LogP contribution in [-0.2, 0) is 0 Å². The third-order valence-electron chi connectivity index (χ3n) is 4.18. The Morgan fingerprint density at radius 1 is 1.13 bits per heavy atom. The summed E-state index contributed by atoms with van der Waals surface area (Å²) in [4.78, 5) is 3.07. The molecule has 1 aliphatic heterocycles. The van der Waals surface area contributed by atoms with Crippen LogP contribution in [0.4, 0.5) is 22.0 Å². The van der Waals surface area contributed by atoms with Crippen LogP contribution in [0.25, 0.3) is 0 Å². The number of aliphatic hydroxyl groups excluding tert-OH is 1. The Morgan fingerprint density at radius 2 is 1.74 bits per heavy atom. The minimum absolute atomic E-state index is 0.0502. The highest BCUT2D eigenvalue weighted by molar-refractivity contribution is 5.21. The molecule has 1 N–H and O–H groups in total. The fourth-order valence-corrected chi connectivity index (χ4v) is 2.65. The Kier molecular flexibility index (Phi) is 5.59. The number of piperazine rings is 1. The smallest absolute Gasteiger partial charge is 0.387 e. The molecule has 8 heteroatoms. The lowest BCUT2D eigenvalue weighted by atomic mass is 10.1. The van der Waals surface area contributed by atoms with E-state index in [1.165, 1.54) is 4.90 Å². The number of β-amino-alcohol motifs (C(OH)–C–C–N with tert-alkyl or cyclic N) is 1. The third-order valence-corrected chi connectivity index (χ3v) is 4.18. The van der Waals surface area contributed by atoms with Gasteiger partial charge in [-0.05, 0) is 25.1 Å². The van der Waals surface area contributed by atoms with Crippen LogP contribution in [0.3, 0.4) is 0 Å². The first kappa shape index (κ1) is 18.1. The molecule has 1 aromatic rings. The summed E-state index contributed by atoms with van der Waals surface area (Å²) in [5, 5.41) is 10.0. The fourth-order valence-electron chi connectivity index (χ4n) is 2.65.